The third-order valence-corrected chi connectivity index (χ3v) is 1.74. The first-order valence-corrected chi connectivity index (χ1v) is 4.10. The summed E-state index contributed by atoms with van der Waals surface area (Å²) in [4.78, 5) is 4.58. The molecular formula is C10H13NO3. The Hall–Kier alpha value is -1.71. The number of hydrogen-bond acceptors (Lipinski definition) is 4. The van der Waals surface area contributed by atoms with Gasteiger partial charge < -0.3 is 14.3 Å². The van der Waals surface area contributed by atoms with Crippen molar-refractivity contribution in [2.75, 3.05) is 21.3 Å². The second-order valence-corrected chi connectivity index (χ2v) is 2.52. The minimum absolute atomic E-state index is 0.699. The molecule has 0 bridgehead atoms. The van der Waals surface area contributed by atoms with Crippen LogP contribution in [0.1, 0.15) is 5.56 Å². The maximum atomic E-state index is 5.16. The van der Waals surface area contributed by atoms with Crippen molar-refractivity contribution in [2.45, 2.75) is 0 Å². The number of rotatable bonds is 4. The van der Waals surface area contributed by atoms with Crippen LogP contribution < -0.4 is 9.47 Å². The summed E-state index contributed by atoms with van der Waals surface area (Å²) in [5.41, 5.74) is 0.843. The van der Waals surface area contributed by atoms with E-state index in [-0.39, 0.29) is 0 Å². The summed E-state index contributed by atoms with van der Waals surface area (Å²) in [6, 6.07) is 5.47. The molecule has 0 fully saturated rings. The van der Waals surface area contributed by atoms with Gasteiger partial charge in [-0.2, -0.15) is 0 Å². The number of oxime groups is 1. The van der Waals surface area contributed by atoms with E-state index in [9.17, 15) is 0 Å². The monoisotopic (exact) mass is 195 g/mol. The summed E-state index contributed by atoms with van der Waals surface area (Å²) in [6.45, 7) is 0. The molecule has 0 spiro atoms. The van der Waals surface area contributed by atoms with Crippen molar-refractivity contribution in [3.8, 4) is 11.5 Å². The van der Waals surface area contributed by atoms with E-state index in [0.29, 0.717) is 5.75 Å². The Morgan fingerprint density at radius 3 is 2.50 bits per heavy atom. The average Bonchev–Trinajstić information content (AvgIpc) is 2.26. The lowest BCUT2D eigenvalue weighted by atomic mass is 10.2. The maximum absolute atomic E-state index is 5.16. The minimum atomic E-state index is 0.699. The molecule has 1 aromatic carbocycles. The summed E-state index contributed by atoms with van der Waals surface area (Å²) < 4.78 is 10.2. The van der Waals surface area contributed by atoms with Crippen LogP contribution >= 0.6 is 0 Å². The van der Waals surface area contributed by atoms with Crippen LogP contribution in [0.2, 0.25) is 0 Å². The highest BCUT2D eigenvalue weighted by molar-refractivity contribution is 5.83. The second kappa shape index (κ2) is 5.11. The van der Waals surface area contributed by atoms with Crippen LogP contribution in [-0.4, -0.2) is 27.5 Å². The molecule has 76 valence electrons. The van der Waals surface area contributed by atoms with Crippen molar-refractivity contribution in [2.24, 2.45) is 5.16 Å². The van der Waals surface area contributed by atoms with Crippen molar-refractivity contribution < 1.29 is 14.3 Å². The number of benzene rings is 1. The molecule has 0 atom stereocenters. The van der Waals surface area contributed by atoms with E-state index in [1.807, 2.05) is 12.1 Å². The van der Waals surface area contributed by atoms with Gasteiger partial charge in [-0.25, -0.2) is 0 Å². The Kier molecular flexibility index (Phi) is 3.79. The van der Waals surface area contributed by atoms with Crippen LogP contribution in [0.5, 0.6) is 11.5 Å². The van der Waals surface area contributed by atoms with E-state index < -0.39 is 0 Å². The van der Waals surface area contributed by atoms with E-state index in [4.69, 9.17) is 9.47 Å². The molecule has 0 unspecified atom stereocenters. The highest BCUT2D eigenvalue weighted by Crippen LogP contribution is 2.22. The molecular weight excluding hydrogens is 182 g/mol. The van der Waals surface area contributed by atoms with E-state index in [1.165, 1.54) is 7.11 Å². The van der Waals surface area contributed by atoms with Crippen molar-refractivity contribution in [3.63, 3.8) is 0 Å². The second-order valence-electron chi connectivity index (χ2n) is 2.52. The van der Waals surface area contributed by atoms with Crippen LogP contribution in [0.15, 0.2) is 23.4 Å². The van der Waals surface area contributed by atoms with Crippen molar-refractivity contribution >= 4 is 6.21 Å². The highest BCUT2D eigenvalue weighted by atomic mass is 16.6. The third-order valence-electron chi connectivity index (χ3n) is 1.74. The lowest BCUT2D eigenvalue weighted by Gasteiger charge is -2.06. The fourth-order valence-electron chi connectivity index (χ4n) is 1.03. The average molecular weight is 195 g/mol. The van der Waals surface area contributed by atoms with Crippen LogP contribution in [0.3, 0.4) is 0 Å². The molecule has 0 N–H and O–H groups in total. The van der Waals surface area contributed by atoms with Gasteiger partial charge in [0.15, 0.2) is 0 Å². The molecule has 14 heavy (non-hydrogen) atoms. The fourth-order valence-corrected chi connectivity index (χ4v) is 1.03. The zero-order chi connectivity index (χ0) is 10.4. The van der Waals surface area contributed by atoms with Gasteiger partial charge in [0, 0.05) is 11.6 Å². The van der Waals surface area contributed by atoms with E-state index in [1.54, 1.807) is 26.5 Å². The molecule has 0 aromatic heterocycles. The smallest absolute Gasteiger partial charge is 0.131 e. The Balaban J connectivity index is 2.99. The largest absolute Gasteiger partial charge is 0.497 e. The Morgan fingerprint density at radius 2 is 1.93 bits per heavy atom. The lowest BCUT2D eigenvalue weighted by molar-refractivity contribution is 0.215. The van der Waals surface area contributed by atoms with Gasteiger partial charge in [-0.3, -0.25) is 0 Å². The van der Waals surface area contributed by atoms with E-state index in [0.717, 1.165) is 11.3 Å². The van der Waals surface area contributed by atoms with Crippen molar-refractivity contribution in [3.05, 3.63) is 23.8 Å². The molecule has 1 rings (SSSR count). The van der Waals surface area contributed by atoms with Crippen LogP contribution in [0, 0.1) is 0 Å². The summed E-state index contributed by atoms with van der Waals surface area (Å²) in [5, 5.41) is 3.66. The SMILES string of the molecule is CON=Cc1ccc(OC)cc1OC. The number of methoxy groups -OCH3 is 2. The standard InChI is InChI=1S/C10H13NO3/c1-12-9-5-4-8(7-11-14-3)10(6-9)13-2/h4-7H,1-3H3. The molecule has 0 aliphatic heterocycles. The summed E-state index contributed by atoms with van der Waals surface area (Å²) >= 11 is 0. The topological polar surface area (TPSA) is 40.0 Å². The van der Waals surface area contributed by atoms with Crippen LogP contribution in [0.25, 0.3) is 0 Å². The Morgan fingerprint density at radius 1 is 1.14 bits per heavy atom. The molecule has 0 heterocycles. The Bertz CT molecular complexity index is 323. The van der Waals surface area contributed by atoms with Gasteiger partial charge in [-0.15, -0.1) is 0 Å². The van der Waals surface area contributed by atoms with Gasteiger partial charge in [0.05, 0.1) is 20.4 Å². The normalized spacial score (nSPS) is 10.2. The first kappa shape index (κ1) is 10.4. The number of nitrogens with zero attached hydrogens (tertiary/aromatic N) is 1. The van der Waals surface area contributed by atoms with Gasteiger partial charge in [0.1, 0.15) is 18.6 Å². The van der Waals surface area contributed by atoms with Crippen molar-refractivity contribution in [1.29, 1.82) is 0 Å². The first-order valence-electron chi connectivity index (χ1n) is 4.10. The zero-order valence-corrected chi connectivity index (χ0v) is 8.48. The van der Waals surface area contributed by atoms with Gasteiger partial charge in [-0.1, -0.05) is 5.16 Å². The predicted molar refractivity (Wildman–Crippen MR) is 54.1 cm³/mol. The molecule has 0 saturated carbocycles. The lowest BCUT2D eigenvalue weighted by Crippen LogP contribution is -1.92. The molecule has 0 aliphatic carbocycles. The van der Waals surface area contributed by atoms with Crippen LogP contribution in [0.4, 0.5) is 0 Å². The quantitative estimate of drug-likeness (QED) is 0.542. The molecule has 0 radical (unpaired) electrons. The summed E-state index contributed by atoms with van der Waals surface area (Å²) in [6.07, 6.45) is 1.58. The van der Waals surface area contributed by atoms with Gasteiger partial charge in [-0.05, 0) is 12.1 Å². The maximum Gasteiger partial charge on any atom is 0.131 e. The molecule has 0 amide bonds. The van der Waals surface area contributed by atoms with Gasteiger partial charge in [0.25, 0.3) is 0 Å². The van der Waals surface area contributed by atoms with E-state index >= 15 is 0 Å². The van der Waals surface area contributed by atoms with Crippen LogP contribution in [-0.2, 0) is 4.84 Å². The van der Waals surface area contributed by atoms with Gasteiger partial charge >= 0.3 is 0 Å². The Labute approximate surface area is 83.1 Å². The fraction of sp³-hybridized carbons (Fsp3) is 0.300. The summed E-state index contributed by atoms with van der Waals surface area (Å²) in [5.74, 6) is 1.45. The summed E-state index contributed by atoms with van der Waals surface area (Å²) in [7, 11) is 4.70. The molecule has 0 aliphatic rings. The van der Waals surface area contributed by atoms with Gasteiger partial charge in [0.2, 0.25) is 0 Å². The predicted octanol–water partition coefficient (Wildman–Crippen LogP) is 1.68. The third kappa shape index (κ3) is 2.39. The molecule has 4 heteroatoms. The highest BCUT2D eigenvalue weighted by Gasteiger charge is 2.02. The molecule has 1 aromatic rings. The van der Waals surface area contributed by atoms with Crippen molar-refractivity contribution in [1.82, 2.24) is 0 Å². The minimum Gasteiger partial charge on any atom is -0.497 e. The molecule has 4 nitrogen and oxygen atoms in total. The molecule has 0 saturated heterocycles. The first-order chi connectivity index (χ1) is 6.81. The number of ether oxygens (including phenoxy) is 2. The van der Waals surface area contributed by atoms with E-state index in [2.05, 4.69) is 9.99 Å². The number of hydrogen-bond donors (Lipinski definition) is 0. The zero-order valence-electron chi connectivity index (χ0n) is 8.48.